The first-order valence-corrected chi connectivity index (χ1v) is 16.0. The Hall–Kier alpha value is -3.49. The third-order valence-electron chi connectivity index (χ3n) is 9.92. The van der Waals surface area contributed by atoms with Gasteiger partial charge in [0.15, 0.2) is 5.82 Å². The van der Waals surface area contributed by atoms with Crippen molar-refractivity contribution in [2.75, 3.05) is 13.7 Å². The van der Waals surface area contributed by atoms with Crippen LogP contribution in [0.25, 0.3) is 43.9 Å². The lowest BCUT2D eigenvalue weighted by molar-refractivity contribution is 0.0696. The SMILES string of the molecule is COc1cc(C(=O)N2C[C@H]3CC[C@@H]2[C@@H]3C)cc2nc(-c3cc4scc(-c5ccc(O)c(Cl)c5)c4n3CC3CC3)n(C)c12. The van der Waals surface area contributed by atoms with Crippen molar-refractivity contribution in [1.82, 2.24) is 19.0 Å². The van der Waals surface area contributed by atoms with E-state index >= 15 is 0 Å². The van der Waals surface area contributed by atoms with Gasteiger partial charge in [0.1, 0.15) is 17.0 Å². The standard InChI is InChI=1S/C33H33ClN4O3S/c1-17-20-6-8-25(17)38(15-20)33(40)21-11-24-31(28(12-21)41-3)36(2)32(35-24)26-13-29-30(37(26)14-18-4-5-18)22(16-42-29)19-7-9-27(39)23(34)10-19/h7,9-13,16-18,20,25,39H,4-6,8,14-15H2,1-3H3/t17-,20-,25-/m1/s1. The normalized spacial score (nSPS) is 21.7. The van der Waals surface area contributed by atoms with E-state index in [0.29, 0.717) is 40.1 Å². The van der Waals surface area contributed by atoms with Gasteiger partial charge in [0, 0.05) is 42.7 Å². The number of rotatable bonds is 6. The molecule has 0 spiro atoms. The summed E-state index contributed by atoms with van der Waals surface area (Å²) in [5.41, 5.74) is 6.58. The largest absolute Gasteiger partial charge is 0.506 e. The molecule has 3 atom stereocenters. The zero-order chi connectivity index (χ0) is 28.9. The number of thiophene rings is 1. The Bertz CT molecular complexity index is 1900. The number of hydrogen-bond acceptors (Lipinski definition) is 5. The van der Waals surface area contributed by atoms with Crippen LogP contribution in [-0.2, 0) is 13.6 Å². The second kappa shape index (κ2) is 9.51. The summed E-state index contributed by atoms with van der Waals surface area (Å²) in [6.07, 6.45) is 4.77. The molecule has 2 saturated carbocycles. The molecule has 42 heavy (non-hydrogen) atoms. The highest BCUT2D eigenvalue weighted by Crippen LogP contribution is 2.45. The lowest BCUT2D eigenvalue weighted by Crippen LogP contribution is -2.38. The highest BCUT2D eigenvalue weighted by atomic mass is 35.5. The van der Waals surface area contributed by atoms with Gasteiger partial charge < -0.3 is 23.9 Å². The van der Waals surface area contributed by atoms with Crippen LogP contribution in [0.4, 0.5) is 0 Å². The van der Waals surface area contributed by atoms with E-state index in [1.165, 1.54) is 24.0 Å². The van der Waals surface area contributed by atoms with Crippen LogP contribution in [-0.4, -0.2) is 49.7 Å². The molecule has 1 aliphatic heterocycles. The Balaban J connectivity index is 1.26. The Morgan fingerprint density at radius 3 is 2.67 bits per heavy atom. The van der Waals surface area contributed by atoms with Crippen LogP contribution < -0.4 is 4.74 Å². The molecule has 3 fully saturated rings. The minimum absolute atomic E-state index is 0.0799. The van der Waals surface area contributed by atoms with Gasteiger partial charge in [-0.3, -0.25) is 4.79 Å². The maximum atomic E-state index is 13.7. The quantitative estimate of drug-likeness (QED) is 0.218. The van der Waals surface area contributed by atoms with E-state index in [-0.39, 0.29) is 11.7 Å². The van der Waals surface area contributed by atoms with E-state index in [4.69, 9.17) is 21.3 Å². The lowest BCUT2D eigenvalue weighted by atomic mass is 10.0. The molecule has 4 heterocycles. The number of nitrogens with zero attached hydrogens (tertiary/aromatic N) is 4. The zero-order valence-electron chi connectivity index (χ0n) is 23.9. The number of hydrogen-bond donors (Lipinski definition) is 1. The van der Waals surface area contributed by atoms with Gasteiger partial charge in [-0.1, -0.05) is 24.6 Å². The first-order chi connectivity index (χ1) is 20.3. The molecule has 216 valence electrons. The van der Waals surface area contributed by atoms with Crippen molar-refractivity contribution in [3.8, 4) is 34.1 Å². The number of fused-ring (bicyclic) bond motifs is 4. The zero-order valence-corrected chi connectivity index (χ0v) is 25.5. The fourth-order valence-electron chi connectivity index (χ4n) is 7.41. The second-order valence-electron chi connectivity index (χ2n) is 12.4. The third kappa shape index (κ3) is 3.91. The Morgan fingerprint density at radius 1 is 1.14 bits per heavy atom. The average Bonchev–Trinajstić information content (AvgIpc) is 3.23. The van der Waals surface area contributed by atoms with Gasteiger partial charge in [0.25, 0.3) is 5.91 Å². The van der Waals surface area contributed by atoms with Crippen LogP contribution in [0.1, 0.15) is 43.0 Å². The van der Waals surface area contributed by atoms with E-state index in [1.807, 2.05) is 31.3 Å². The van der Waals surface area contributed by atoms with Crippen molar-refractivity contribution in [2.24, 2.45) is 24.8 Å². The molecule has 0 unspecified atom stereocenters. The molecule has 2 aromatic carbocycles. The number of likely N-dealkylation sites (tertiary alicyclic amines) is 1. The predicted octanol–water partition coefficient (Wildman–Crippen LogP) is 7.57. The summed E-state index contributed by atoms with van der Waals surface area (Å²) < 4.78 is 11.6. The fourth-order valence-corrected chi connectivity index (χ4v) is 8.60. The minimum Gasteiger partial charge on any atom is -0.506 e. The number of imidazole rings is 1. The molecule has 2 bridgehead atoms. The van der Waals surface area contributed by atoms with Crippen molar-refractivity contribution in [1.29, 1.82) is 0 Å². The number of ether oxygens (including phenoxy) is 1. The molecule has 5 aromatic rings. The molecule has 0 radical (unpaired) electrons. The number of carbonyl (C=O) groups excluding carboxylic acids is 1. The average molecular weight is 601 g/mol. The molecular formula is C33H33ClN4O3S. The number of phenols is 1. The van der Waals surface area contributed by atoms with E-state index in [9.17, 15) is 9.90 Å². The van der Waals surface area contributed by atoms with E-state index < -0.39 is 0 Å². The smallest absolute Gasteiger partial charge is 0.254 e. The van der Waals surface area contributed by atoms with Gasteiger partial charge in [-0.2, -0.15) is 0 Å². The van der Waals surface area contributed by atoms with Crippen LogP contribution in [0.3, 0.4) is 0 Å². The van der Waals surface area contributed by atoms with E-state index in [0.717, 1.165) is 58.7 Å². The topological polar surface area (TPSA) is 72.5 Å². The number of benzene rings is 2. The van der Waals surface area contributed by atoms with Gasteiger partial charge in [-0.15, -0.1) is 11.3 Å². The van der Waals surface area contributed by atoms with Crippen LogP contribution in [0, 0.1) is 17.8 Å². The Kier molecular flexibility index (Phi) is 5.92. The summed E-state index contributed by atoms with van der Waals surface area (Å²) in [6, 6.07) is 11.8. The number of aromatic hydroxyl groups is 1. The number of phenolic OH excluding ortho intramolecular Hbond substituents is 1. The highest BCUT2D eigenvalue weighted by molar-refractivity contribution is 7.17. The lowest BCUT2D eigenvalue weighted by Gasteiger charge is -2.27. The molecule has 7 nitrogen and oxygen atoms in total. The Labute approximate surface area is 253 Å². The highest BCUT2D eigenvalue weighted by Gasteiger charge is 2.46. The van der Waals surface area contributed by atoms with Crippen molar-refractivity contribution >= 4 is 50.1 Å². The molecule has 2 aliphatic carbocycles. The summed E-state index contributed by atoms with van der Waals surface area (Å²) in [7, 11) is 3.69. The van der Waals surface area contributed by atoms with E-state index in [2.05, 4.69) is 32.4 Å². The first kappa shape index (κ1) is 26.2. The Morgan fingerprint density at radius 2 is 1.98 bits per heavy atom. The molecule has 3 aromatic heterocycles. The summed E-state index contributed by atoms with van der Waals surface area (Å²) >= 11 is 8.01. The van der Waals surface area contributed by atoms with Crippen molar-refractivity contribution in [3.63, 3.8) is 0 Å². The molecule has 8 rings (SSSR count). The van der Waals surface area contributed by atoms with Crippen LogP contribution >= 0.6 is 22.9 Å². The summed E-state index contributed by atoms with van der Waals surface area (Å²) in [4.78, 5) is 21.0. The number of methoxy groups -OCH3 is 1. The minimum atomic E-state index is 0.0799. The molecule has 9 heteroatoms. The van der Waals surface area contributed by atoms with Crippen LogP contribution in [0.15, 0.2) is 41.8 Å². The summed E-state index contributed by atoms with van der Waals surface area (Å²) in [5, 5.41) is 12.5. The predicted molar refractivity (Wildman–Crippen MR) is 168 cm³/mol. The fraction of sp³-hybridized carbons (Fsp3) is 0.394. The summed E-state index contributed by atoms with van der Waals surface area (Å²) in [6.45, 7) is 4.04. The molecule has 1 saturated heterocycles. The monoisotopic (exact) mass is 600 g/mol. The second-order valence-corrected chi connectivity index (χ2v) is 13.7. The van der Waals surface area contributed by atoms with Crippen LogP contribution in [0.2, 0.25) is 5.02 Å². The van der Waals surface area contributed by atoms with Crippen LogP contribution in [0.5, 0.6) is 11.5 Å². The van der Waals surface area contributed by atoms with Gasteiger partial charge in [0.05, 0.1) is 33.6 Å². The summed E-state index contributed by atoms with van der Waals surface area (Å²) in [5.74, 6) is 3.49. The van der Waals surface area contributed by atoms with Gasteiger partial charge in [-0.05, 0) is 79.3 Å². The maximum absolute atomic E-state index is 13.7. The van der Waals surface area contributed by atoms with Crippen molar-refractivity contribution in [3.05, 3.63) is 52.4 Å². The van der Waals surface area contributed by atoms with Gasteiger partial charge >= 0.3 is 0 Å². The molecular weight excluding hydrogens is 568 g/mol. The number of carbonyl (C=O) groups is 1. The number of aryl methyl sites for hydroxylation is 1. The molecule has 1 amide bonds. The van der Waals surface area contributed by atoms with Crippen molar-refractivity contribution in [2.45, 2.75) is 45.2 Å². The number of aromatic nitrogens is 3. The number of amides is 1. The molecule has 1 N–H and O–H groups in total. The number of halogens is 1. The van der Waals surface area contributed by atoms with E-state index in [1.54, 1.807) is 24.5 Å². The van der Waals surface area contributed by atoms with Gasteiger partial charge in [-0.25, -0.2) is 4.98 Å². The van der Waals surface area contributed by atoms with Crippen molar-refractivity contribution < 1.29 is 14.6 Å². The number of piperidine rings is 1. The third-order valence-corrected chi connectivity index (χ3v) is 11.1. The van der Waals surface area contributed by atoms with Gasteiger partial charge in [0.2, 0.25) is 0 Å². The molecule has 3 aliphatic rings. The maximum Gasteiger partial charge on any atom is 0.254 e. The first-order valence-electron chi connectivity index (χ1n) is 14.8.